The van der Waals surface area contributed by atoms with E-state index in [1.54, 1.807) is 0 Å². The van der Waals surface area contributed by atoms with E-state index in [4.69, 9.17) is 4.74 Å². The van der Waals surface area contributed by atoms with Gasteiger partial charge in [0.2, 0.25) is 0 Å². The van der Waals surface area contributed by atoms with E-state index in [0.29, 0.717) is 5.92 Å². The molecule has 1 fully saturated rings. The molecule has 1 saturated heterocycles. The molecule has 1 aromatic rings. The van der Waals surface area contributed by atoms with Crippen molar-refractivity contribution in [3.8, 4) is 0 Å². The highest BCUT2D eigenvalue weighted by atomic mass is 16.5. The quantitative estimate of drug-likeness (QED) is 0.744. The molecule has 4 atom stereocenters. The predicted molar refractivity (Wildman–Crippen MR) is 70.1 cm³/mol. The third-order valence-electron chi connectivity index (χ3n) is 4.25. The molecule has 0 radical (unpaired) electrons. The summed E-state index contributed by atoms with van der Waals surface area (Å²) in [6.07, 6.45) is 5.50. The molecule has 1 aliphatic heterocycles. The molecule has 0 bridgehead atoms. The highest BCUT2D eigenvalue weighted by Crippen LogP contribution is 2.49. The number of allylic oxidation sites excluding steroid dienone is 1. The molecular formula is C16H18O2. The van der Waals surface area contributed by atoms with Gasteiger partial charge in [-0.05, 0) is 36.8 Å². The minimum Gasteiger partial charge on any atom is -0.370 e. The summed E-state index contributed by atoms with van der Waals surface area (Å²) >= 11 is 0. The molecule has 1 aromatic carbocycles. The van der Waals surface area contributed by atoms with Gasteiger partial charge < -0.3 is 4.74 Å². The van der Waals surface area contributed by atoms with Crippen molar-refractivity contribution in [1.82, 2.24) is 0 Å². The van der Waals surface area contributed by atoms with E-state index >= 15 is 0 Å². The molecule has 1 aliphatic carbocycles. The van der Waals surface area contributed by atoms with Crippen LogP contribution in [0.1, 0.15) is 31.4 Å². The fourth-order valence-corrected chi connectivity index (χ4v) is 3.48. The summed E-state index contributed by atoms with van der Waals surface area (Å²) in [7, 11) is 0. The fraction of sp³-hybridized carbons (Fsp3) is 0.438. The summed E-state index contributed by atoms with van der Waals surface area (Å²) in [6.45, 7) is 2.09. The van der Waals surface area contributed by atoms with Crippen molar-refractivity contribution in [2.75, 3.05) is 0 Å². The van der Waals surface area contributed by atoms with Gasteiger partial charge in [-0.2, -0.15) is 0 Å². The predicted octanol–water partition coefficient (Wildman–Crippen LogP) is 3.30. The van der Waals surface area contributed by atoms with Gasteiger partial charge in [-0.15, -0.1) is 0 Å². The lowest BCUT2D eigenvalue weighted by Crippen LogP contribution is -2.24. The number of ether oxygens (including phenoxy) is 1. The molecule has 0 N–H and O–H groups in total. The topological polar surface area (TPSA) is 26.3 Å². The smallest absolute Gasteiger partial charge is 0.146 e. The highest BCUT2D eigenvalue weighted by molar-refractivity contribution is 5.74. The molecular weight excluding hydrogens is 224 g/mol. The molecule has 3 rings (SSSR count). The van der Waals surface area contributed by atoms with Gasteiger partial charge in [0, 0.05) is 5.92 Å². The first-order valence-electron chi connectivity index (χ1n) is 6.67. The third-order valence-corrected chi connectivity index (χ3v) is 4.25. The van der Waals surface area contributed by atoms with Gasteiger partial charge in [0.1, 0.15) is 6.29 Å². The summed E-state index contributed by atoms with van der Waals surface area (Å²) in [5, 5.41) is 0. The second kappa shape index (κ2) is 4.69. The number of hydrogen-bond donors (Lipinski definition) is 0. The molecule has 2 heteroatoms. The summed E-state index contributed by atoms with van der Waals surface area (Å²) < 4.78 is 6.13. The maximum Gasteiger partial charge on any atom is 0.146 e. The van der Waals surface area contributed by atoms with Crippen molar-refractivity contribution in [2.24, 2.45) is 11.8 Å². The Bertz CT molecular complexity index is 463. The maximum atomic E-state index is 11.2. The monoisotopic (exact) mass is 242 g/mol. The minimum absolute atomic E-state index is 0.136. The molecule has 18 heavy (non-hydrogen) atoms. The van der Waals surface area contributed by atoms with Gasteiger partial charge in [-0.3, -0.25) is 4.79 Å². The largest absolute Gasteiger partial charge is 0.370 e. The van der Waals surface area contributed by atoms with E-state index in [2.05, 4.69) is 37.3 Å². The van der Waals surface area contributed by atoms with E-state index in [1.807, 2.05) is 6.07 Å². The summed E-state index contributed by atoms with van der Waals surface area (Å²) in [6, 6.07) is 10.4. The Morgan fingerprint density at radius 2 is 2.06 bits per heavy atom. The first-order chi connectivity index (χ1) is 8.81. The standard InChI is InChI=1S/C16H18O2/c1-11-15-13(10-17)8-5-9-14(15)16(18-11)12-6-3-2-4-7-12/h2-4,6-8,10-11,14-16H,5,9H2,1H3/t11-,14+,15-,16+/m1/s1. The van der Waals surface area contributed by atoms with Gasteiger partial charge in [-0.1, -0.05) is 36.4 Å². The maximum absolute atomic E-state index is 11.2. The summed E-state index contributed by atoms with van der Waals surface area (Å²) in [4.78, 5) is 11.2. The number of carbonyl (C=O) groups excluding carboxylic acids is 1. The zero-order valence-electron chi connectivity index (χ0n) is 10.6. The number of hydrogen-bond acceptors (Lipinski definition) is 2. The van der Waals surface area contributed by atoms with Gasteiger partial charge in [0.15, 0.2) is 0 Å². The molecule has 1 heterocycles. The number of aldehydes is 1. The van der Waals surface area contributed by atoms with Crippen LogP contribution in [-0.4, -0.2) is 12.4 Å². The Kier molecular flexibility index (Phi) is 3.04. The zero-order chi connectivity index (χ0) is 12.5. The van der Waals surface area contributed by atoms with Crippen LogP contribution in [0.25, 0.3) is 0 Å². The van der Waals surface area contributed by atoms with Crippen LogP contribution in [0.4, 0.5) is 0 Å². The highest BCUT2D eigenvalue weighted by Gasteiger charge is 2.45. The lowest BCUT2D eigenvalue weighted by atomic mass is 9.74. The first kappa shape index (κ1) is 11.7. The van der Waals surface area contributed by atoms with Crippen LogP contribution in [0.3, 0.4) is 0 Å². The molecule has 2 aliphatic rings. The summed E-state index contributed by atoms with van der Waals surface area (Å²) in [5.74, 6) is 0.731. The number of rotatable bonds is 2. The van der Waals surface area contributed by atoms with Gasteiger partial charge in [0.25, 0.3) is 0 Å². The average molecular weight is 242 g/mol. The lowest BCUT2D eigenvalue weighted by Gasteiger charge is -2.27. The molecule has 0 saturated carbocycles. The number of benzene rings is 1. The summed E-state index contributed by atoms with van der Waals surface area (Å²) in [5.41, 5.74) is 2.18. The molecule has 0 spiro atoms. The van der Waals surface area contributed by atoms with Gasteiger partial charge in [-0.25, -0.2) is 0 Å². The Balaban J connectivity index is 1.93. The average Bonchev–Trinajstić information content (AvgIpc) is 2.77. The van der Waals surface area contributed by atoms with E-state index < -0.39 is 0 Å². The fourth-order valence-electron chi connectivity index (χ4n) is 3.48. The lowest BCUT2D eigenvalue weighted by molar-refractivity contribution is -0.105. The Labute approximate surface area is 108 Å². The Morgan fingerprint density at radius 1 is 1.28 bits per heavy atom. The first-order valence-corrected chi connectivity index (χ1v) is 6.67. The minimum atomic E-state index is 0.136. The van der Waals surface area contributed by atoms with Crippen molar-refractivity contribution < 1.29 is 9.53 Å². The van der Waals surface area contributed by atoms with Crippen molar-refractivity contribution in [1.29, 1.82) is 0 Å². The Hall–Kier alpha value is -1.41. The second-order valence-electron chi connectivity index (χ2n) is 5.26. The molecule has 0 unspecified atom stereocenters. The van der Waals surface area contributed by atoms with Crippen LogP contribution < -0.4 is 0 Å². The van der Waals surface area contributed by atoms with Crippen LogP contribution >= 0.6 is 0 Å². The van der Waals surface area contributed by atoms with Gasteiger partial charge in [0.05, 0.1) is 12.2 Å². The SMILES string of the molecule is C[C@H]1O[C@@H](c2ccccc2)[C@H]2CCC=C(C=O)[C@H]21. The van der Waals surface area contributed by atoms with Crippen molar-refractivity contribution in [2.45, 2.75) is 32.0 Å². The van der Waals surface area contributed by atoms with E-state index in [1.165, 1.54) is 5.56 Å². The zero-order valence-corrected chi connectivity index (χ0v) is 10.6. The molecule has 0 aromatic heterocycles. The molecule has 2 nitrogen and oxygen atoms in total. The normalized spacial score (nSPS) is 34.8. The molecule has 0 amide bonds. The van der Waals surface area contributed by atoms with Crippen molar-refractivity contribution >= 4 is 6.29 Å². The second-order valence-corrected chi connectivity index (χ2v) is 5.26. The van der Waals surface area contributed by atoms with Crippen LogP contribution in [0.2, 0.25) is 0 Å². The third kappa shape index (κ3) is 1.81. The van der Waals surface area contributed by atoms with Crippen molar-refractivity contribution in [3.63, 3.8) is 0 Å². The van der Waals surface area contributed by atoms with E-state index in [9.17, 15) is 4.79 Å². The van der Waals surface area contributed by atoms with E-state index in [-0.39, 0.29) is 18.1 Å². The van der Waals surface area contributed by atoms with E-state index in [0.717, 1.165) is 24.7 Å². The van der Waals surface area contributed by atoms with Crippen LogP contribution in [0.15, 0.2) is 42.0 Å². The van der Waals surface area contributed by atoms with Crippen molar-refractivity contribution in [3.05, 3.63) is 47.5 Å². The van der Waals surface area contributed by atoms with Crippen LogP contribution in [0, 0.1) is 11.8 Å². The number of carbonyl (C=O) groups is 1. The molecule has 94 valence electrons. The Morgan fingerprint density at radius 3 is 2.78 bits per heavy atom. The van der Waals surface area contributed by atoms with Crippen LogP contribution in [0.5, 0.6) is 0 Å². The van der Waals surface area contributed by atoms with Gasteiger partial charge >= 0.3 is 0 Å². The number of fused-ring (bicyclic) bond motifs is 1. The van der Waals surface area contributed by atoms with Crippen LogP contribution in [-0.2, 0) is 9.53 Å².